The third-order valence-corrected chi connectivity index (χ3v) is 6.49. The normalized spacial score (nSPS) is 16.4. The van der Waals surface area contributed by atoms with Crippen molar-refractivity contribution in [3.05, 3.63) is 40.2 Å². The third-order valence-electron chi connectivity index (χ3n) is 5.30. The van der Waals surface area contributed by atoms with Crippen LogP contribution in [0.3, 0.4) is 0 Å². The van der Waals surface area contributed by atoms with Gasteiger partial charge in [-0.25, -0.2) is 9.97 Å². The average molecular weight is 458 g/mol. The van der Waals surface area contributed by atoms with Crippen LogP contribution in [0.15, 0.2) is 18.3 Å². The summed E-state index contributed by atoms with van der Waals surface area (Å²) in [7, 11) is 3.14. The number of nitrogens with one attached hydrogen (secondary N) is 1. The van der Waals surface area contributed by atoms with E-state index >= 15 is 0 Å². The largest absolute Gasteiger partial charge is 0.480 e. The highest BCUT2D eigenvalue weighted by atomic mass is 32.1. The second kappa shape index (κ2) is 9.76. The first-order chi connectivity index (χ1) is 15.5. The summed E-state index contributed by atoms with van der Waals surface area (Å²) in [4.78, 5) is 29.9. The number of hydrogen-bond acceptors (Lipinski definition) is 9. The molecule has 32 heavy (non-hydrogen) atoms. The molecule has 1 saturated heterocycles. The predicted molar refractivity (Wildman–Crippen MR) is 122 cm³/mol. The molecule has 0 aromatic carbocycles. The summed E-state index contributed by atoms with van der Waals surface area (Å²) in [6.45, 7) is 6.97. The molecule has 1 N–H and O–H groups in total. The molecule has 0 radical (unpaired) electrons. The lowest BCUT2D eigenvalue weighted by Gasteiger charge is -2.32. The lowest BCUT2D eigenvalue weighted by Crippen LogP contribution is -2.41. The number of nitrogens with zero attached hydrogens (tertiary/aromatic N) is 4. The minimum atomic E-state index is -0.160. The minimum Gasteiger partial charge on any atom is -0.480 e. The van der Waals surface area contributed by atoms with Crippen LogP contribution < -0.4 is 15.0 Å². The van der Waals surface area contributed by atoms with Crippen molar-refractivity contribution in [2.24, 2.45) is 0 Å². The van der Waals surface area contributed by atoms with E-state index in [1.165, 1.54) is 11.3 Å². The van der Waals surface area contributed by atoms with Crippen LogP contribution in [0.5, 0.6) is 5.88 Å². The van der Waals surface area contributed by atoms with E-state index in [2.05, 4.69) is 32.1 Å². The number of anilines is 1. The molecule has 3 aromatic heterocycles. The monoisotopic (exact) mass is 457 g/mol. The molecule has 0 bridgehead atoms. The summed E-state index contributed by atoms with van der Waals surface area (Å²) in [6.07, 6.45) is 2.00. The van der Waals surface area contributed by atoms with Crippen LogP contribution in [0, 0.1) is 6.92 Å². The lowest BCUT2D eigenvalue weighted by atomic mass is 10.2. The number of morpholine rings is 1. The first kappa shape index (κ1) is 22.4. The fraction of sp³-hybridized carbons (Fsp3) is 0.455. The second-order valence-corrected chi connectivity index (χ2v) is 8.65. The number of ether oxygens (including phenoxy) is 3. The summed E-state index contributed by atoms with van der Waals surface area (Å²) in [5.74, 6) is 1.73. The molecule has 1 aliphatic heterocycles. The Balaban J connectivity index is 1.46. The van der Waals surface area contributed by atoms with E-state index in [1.807, 2.05) is 19.1 Å². The molecule has 4 heterocycles. The maximum absolute atomic E-state index is 12.9. The van der Waals surface area contributed by atoms with E-state index in [-0.39, 0.29) is 18.6 Å². The minimum absolute atomic E-state index is 0.160. The first-order valence-electron chi connectivity index (χ1n) is 10.4. The van der Waals surface area contributed by atoms with Gasteiger partial charge in [-0.3, -0.25) is 4.79 Å². The maximum Gasteiger partial charge on any atom is 0.261 e. The molecule has 0 aliphatic carbocycles. The van der Waals surface area contributed by atoms with Gasteiger partial charge in [-0.2, -0.15) is 4.98 Å². The van der Waals surface area contributed by atoms with Crippen molar-refractivity contribution in [1.29, 1.82) is 0 Å². The molecule has 3 aromatic rings. The standard InChI is InChI=1S/C22H27N5O4S/c1-13-11-27(7-8-31-13)17-6-5-15(9-23-17)10-24-20(28)19-14(2)18-21(30-4)25-16(12-29-3)26-22(18)32-19/h5-6,9,13H,7-8,10-12H2,1-4H3,(H,24,28). The summed E-state index contributed by atoms with van der Waals surface area (Å²) >= 11 is 1.33. The Morgan fingerprint density at radius 2 is 2.19 bits per heavy atom. The fourth-order valence-electron chi connectivity index (χ4n) is 3.70. The molecule has 10 heteroatoms. The highest BCUT2D eigenvalue weighted by Crippen LogP contribution is 2.35. The smallest absolute Gasteiger partial charge is 0.261 e. The molecule has 0 saturated carbocycles. The number of methoxy groups -OCH3 is 2. The molecule has 1 fully saturated rings. The molecular weight excluding hydrogens is 430 g/mol. The van der Waals surface area contributed by atoms with E-state index < -0.39 is 0 Å². The zero-order chi connectivity index (χ0) is 22.7. The zero-order valence-corrected chi connectivity index (χ0v) is 19.5. The van der Waals surface area contributed by atoms with Gasteiger partial charge in [0.1, 0.15) is 17.3 Å². The Hall–Kier alpha value is -2.82. The molecule has 4 rings (SSSR count). The van der Waals surface area contributed by atoms with Crippen LogP contribution in [0.25, 0.3) is 10.2 Å². The number of fused-ring (bicyclic) bond motifs is 1. The summed E-state index contributed by atoms with van der Waals surface area (Å²) in [5.41, 5.74) is 1.74. The lowest BCUT2D eigenvalue weighted by molar-refractivity contribution is 0.0529. The number of pyridine rings is 1. The van der Waals surface area contributed by atoms with E-state index in [9.17, 15) is 4.79 Å². The van der Waals surface area contributed by atoms with Crippen LogP contribution in [0.1, 0.15) is 33.5 Å². The zero-order valence-electron chi connectivity index (χ0n) is 18.7. The second-order valence-electron chi connectivity index (χ2n) is 7.65. The van der Waals surface area contributed by atoms with Gasteiger partial charge in [-0.05, 0) is 31.0 Å². The van der Waals surface area contributed by atoms with Crippen molar-refractivity contribution in [2.75, 3.05) is 38.8 Å². The van der Waals surface area contributed by atoms with Gasteiger partial charge in [-0.1, -0.05) is 6.07 Å². The molecule has 1 unspecified atom stereocenters. The summed E-state index contributed by atoms with van der Waals surface area (Å²) in [5, 5.41) is 3.74. The fourth-order valence-corrected chi connectivity index (χ4v) is 4.81. The SMILES string of the molecule is COCc1nc(OC)c2c(C)c(C(=O)NCc3ccc(N4CCOC(C)C4)nc3)sc2n1. The van der Waals surface area contributed by atoms with Gasteiger partial charge in [0.25, 0.3) is 5.91 Å². The van der Waals surface area contributed by atoms with Gasteiger partial charge in [0.05, 0.1) is 30.1 Å². The van der Waals surface area contributed by atoms with E-state index in [0.29, 0.717) is 34.6 Å². The van der Waals surface area contributed by atoms with Crippen LogP contribution in [0.4, 0.5) is 5.82 Å². The number of aromatic nitrogens is 3. The van der Waals surface area contributed by atoms with Gasteiger partial charge in [-0.15, -0.1) is 11.3 Å². The highest BCUT2D eigenvalue weighted by molar-refractivity contribution is 7.20. The number of hydrogen-bond donors (Lipinski definition) is 1. The van der Waals surface area contributed by atoms with Crippen molar-refractivity contribution >= 4 is 33.3 Å². The number of amides is 1. The van der Waals surface area contributed by atoms with Gasteiger partial charge in [0.15, 0.2) is 5.82 Å². The van der Waals surface area contributed by atoms with Crippen molar-refractivity contribution < 1.29 is 19.0 Å². The van der Waals surface area contributed by atoms with Crippen molar-refractivity contribution in [3.63, 3.8) is 0 Å². The molecule has 1 atom stereocenters. The van der Waals surface area contributed by atoms with Crippen molar-refractivity contribution in [1.82, 2.24) is 20.3 Å². The van der Waals surface area contributed by atoms with Crippen LogP contribution >= 0.6 is 11.3 Å². The number of rotatable bonds is 7. The predicted octanol–water partition coefficient (Wildman–Crippen LogP) is 2.70. The van der Waals surface area contributed by atoms with E-state index in [1.54, 1.807) is 20.4 Å². The molecule has 0 spiro atoms. The molecule has 170 valence electrons. The Kier molecular flexibility index (Phi) is 6.83. The quantitative estimate of drug-likeness (QED) is 0.578. The van der Waals surface area contributed by atoms with Crippen LogP contribution in [-0.2, 0) is 22.6 Å². The number of thiophene rings is 1. The van der Waals surface area contributed by atoms with Crippen LogP contribution in [0.2, 0.25) is 0 Å². The van der Waals surface area contributed by atoms with E-state index in [4.69, 9.17) is 14.2 Å². The Bertz CT molecular complexity index is 1100. The molecule has 9 nitrogen and oxygen atoms in total. The highest BCUT2D eigenvalue weighted by Gasteiger charge is 2.21. The summed E-state index contributed by atoms with van der Waals surface area (Å²) < 4.78 is 16.2. The Labute approximate surface area is 190 Å². The maximum atomic E-state index is 12.9. The molecule has 1 amide bonds. The molecular formula is C22H27N5O4S. The Morgan fingerprint density at radius 1 is 1.34 bits per heavy atom. The number of carbonyl (C=O) groups excluding carboxylic acids is 1. The van der Waals surface area contributed by atoms with E-state index in [0.717, 1.165) is 35.4 Å². The van der Waals surface area contributed by atoms with Gasteiger partial charge in [0.2, 0.25) is 5.88 Å². The topological polar surface area (TPSA) is 98.7 Å². The molecule has 1 aliphatic rings. The van der Waals surface area contributed by atoms with Crippen LogP contribution in [-0.4, -0.2) is 60.9 Å². The Morgan fingerprint density at radius 3 is 2.88 bits per heavy atom. The van der Waals surface area contributed by atoms with Gasteiger partial charge < -0.3 is 24.4 Å². The van der Waals surface area contributed by atoms with Gasteiger partial charge in [0, 0.05) is 32.9 Å². The average Bonchev–Trinajstić information content (AvgIpc) is 3.14. The summed E-state index contributed by atoms with van der Waals surface area (Å²) in [6, 6.07) is 3.98. The third kappa shape index (κ3) is 4.67. The van der Waals surface area contributed by atoms with Gasteiger partial charge >= 0.3 is 0 Å². The number of carbonyl (C=O) groups is 1. The first-order valence-corrected chi connectivity index (χ1v) is 11.2. The van der Waals surface area contributed by atoms with Crippen molar-refractivity contribution in [2.45, 2.75) is 33.1 Å². The number of aryl methyl sites for hydroxylation is 1. The van der Waals surface area contributed by atoms with Crippen molar-refractivity contribution in [3.8, 4) is 5.88 Å².